The Kier molecular flexibility index (Phi) is 3.77. The van der Waals surface area contributed by atoms with Crippen LogP contribution < -0.4 is 10.1 Å². The summed E-state index contributed by atoms with van der Waals surface area (Å²) in [6.45, 7) is 0. The van der Waals surface area contributed by atoms with Gasteiger partial charge in [0.25, 0.3) is 5.91 Å². The quantitative estimate of drug-likeness (QED) is 0.833. The lowest BCUT2D eigenvalue weighted by atomic mass is 10.3. The molecule has 2 aromatic rings. The number of amides is 1. The summed E-state index contributed by atoms with van der Waals surface area (Å²) >= 11 is 0. The monoisotopic (exact) mass is 297 g/mol. The SMILES string of the molecule is COc1cccc(NC(=O)c2ccc(S(=O)(=O)O)o2)c1. The minimum Gasteiger partial charge on any atom is -0.497 e. The molecule has 0 fully saturated rings. The Morgan fingerprint density at radius 2 is 2.05 bits per heavy atom. The van der Waals surface area contributed by atoms with Crippen LogP contribution in [0.4, 0.5) is 5.69 Å². The largest absolute Gasteiger partial charge is 0.497 e. The van der Waals surface area contributed by atoms with Crippen LogP contribution in [0, 0.1) is 0 Å². The molecule has 0 spiro atoms. The molecule has 0 atom stereocenters. The van der Waals surface area contributed by atoms with Crippen LogP contribution in [0.1, 0.15) is 10.6 Å². The average molecular weight is 297 g/mol. The van der Waals surface area contributed by atoms with Gasteiger partial charge in [-0.05, 0) is 24.3 Å². The zero-order chi connectivity index (χ0) is 14.8. The molecule has 0 unspecified atom stereocenters. The van der Waals surface area contributed by atoms with Crippen molar-refractivity contribution >= 4 is 21.7 Å². The van der Waals surface area contributed by atoms with Crippen molar-refractivity contribution in [2.75, 3.05) is 12.4 Å². The summed E-state index contributed by atoms with van der Waals surface area (Å²) < 4.78 is 40.2. The van der Waals surface area contributed by atoms with Gasteiger partial charge in [-0.25, -0.2) is 0 Å². The average Bonchev–Trinajstić information content (AvgIpc) is 2.88. The summed E-state index contributed by atoms with van der Waals surface area (Å²) in [6.07, 6.45) is 0. The van der Waals surface area contributed by atoms with Gasteiger partial charge in [-0.2, -0.15) is 8.42 Å². The molecule has 2 rings (SSSR count). The standard InChI is InChI=1S/C12H11NO6S/c1-18-9-4-2-3-8(7-9)13-12(14)10-5-6-11(19-10)20(15,16)17/h2-7H,1H3,(H,13,14)(H,15,16,17). The molecule has 0 saturated heterocycles. The van der Waals surface area contributed by atoms with Crippen molar-refractivity contribution in [2.24, 2.45) is 0 Å². The van der Waals surface area contributed by atoms with Crippen LogP contribution in [-0.4, -0.2) is 26.0 Å². The number of carbonyl (C=O) groups is 1. The van der Waals surface area contributed by atoms with Crippen LogP contribution >= 0.6 is 0 Å². The van der Waals surface area contributed by atoms with Gasteiger partial charge in [-0.1, -0.05) is 6.07 Å². The van der Waals surface area contributed by atoms with Gasteiger partial charge in [0.2, 0.25) is 5.09 Å². The summed E-state index contributed by atoms with van der Waals surface area (Å²) in [4.78, 5) is 11.8. The van der Waals surface area contributed by atoms with E-state index >= 15 is 0 Å². The van der Waals surface area contributed by atoms with E-state index in [-0.39, 0.29) is 5.76 Å². The summed E-state index contributed by atoms with van der Waals surface area (Å²) in [5, 5.41) is 1.82. The van der Waals surface area contributed by atoms with E-state index in [1.165, 1.54) is 7.11 Å². The number of hydrogen-bond donors (Lipinski definition) is 2. The van der Waals surface area contributed by atoms with Gasteiger partial charge in [-0.15, -0.1) is 0 Å². The Bertz CT molecular complexity index is 734. The van der Waals surface area contributed by atoms with E-state index in [4.69, 9.17) is 13.7 Å². The topological polar surface area (TPSA) is 106 Å². The first kappa shape index (κ1) is 14.1. The molecule has 0 aliphatic rings. The third-order valence-corrected chi connectivity index (χ3v) is 3.11. The number of anilines is 1. The van der Waals surface area contributed by atoms with Crippen molar-refractivity contribution < 1.29 is 26.9 Å². The molecule has 0 aliphatic heterocycles. The second-order valence-electron chi connectivity index (χ2n) is 3.78. The van der Waals surface area contributed by atoms with E-state index < -0.39 is 21.1 Å². The predicted molar refractivity (Wildman–Crippen MR) is 69.5 cm³/mol. The van der Waals surface area contributed by atoms with Gasteiger partial charge in [0.05, 0.1) is 7.11 Å². The van der Waals surface area contributed by atoms with E-state index in [2.05, 4.69) is 5.32 Å². The van der Waals surface area contributed by atoms with E-state index in [0.717, 1.165) is 12.1 Å². The van der Waals surface area contributed by atoms with Gasteiger partial charge < -0.3 is 14.5 Å². The van der Waals surface area contributed by atoms with Crippen molar-refractivity contribution in [2.45, 2.75) is 5.09 Å². The van der Waals surface area contributed by atoms with Crippen LogP contribution in [0.3, 0.4) is 0 Å². The van der Waals surface area contributed by atoms with E-state index in [0.29, 0.717) is 11.4 Å². The van der Waals surface area contributed by atoms with Gasteiger partial charge in [0, 0.05) is 11.8 Å². The van der Waals surface area contributed by atoms with E-state index in [9.17, 15) is 13.2 Å². The van der Waals surface area contributed by atoms with Crippen LogP contribution in [0.5, 0.6) is 5.75 Å². The molecular weight excluding hydrogens is 286 g/mol. The fourth-order valence-electron chi connectivity index (χ4n) is 1.47. The number of ether oxygens (including phenoxy) is 1. The Morgan fingerprint density at radius 1 is 1.30 bits per heavy atom. The number of furan rings is 1. The zero-order valence-corrected chi connectivity index (χ0v) is 11.2. The van der Waals surface area contributed by atoms with E-state index in [1.807, 2.05) is 0 Å². The highest BCUT2D eigenvalue weighted by molar-refractivity contribution is 7.85. The lowest BCUT2D eigenvalue weighted by Crippen LogP contribution is -2.10. The summed E-state index contributed by atoms with van der Waals surface area (Å²) in [6, 6.07) is 8.76. The Labute approximate surface area is 114 Å². The highest BCUT2D eigenvalue weighted by Gasteiger charge is 2.18. The van der Waals surface area contributed by atoms with Gasteiger partial charge in [-0.3, -0.25) is 9.35 Å². The molecule has 7 nitrogen and oxygen atoms in total. The van der Waals surface area contributed by atoms with Crippen LogP contribution in [-0.2, 0) is 10.1 Å². The Balaban J connectivity index is 2.18. The number of rotatable bonds is 4. The zero-order valence-electron chi connectivity index (χ0n) is 10.4. The summed E-state index contributed by atoms with van der Waals surface area (Å²) in [7, 11) is -2.97. The third kappa shape index (κ3) is 3.16. The molecular formula is C12H11NO6S. The second kappa shape index (κ2) is 5.35. The lowest BCUT2D eigenvalue weighted by Gasteiger charge is -2.05. The highest BCUT2D eigenvalue weighted by atomic mass is 32.2. The molecule has 106 valence electrons. The van der Waals surface area contributed by atoms with Crippen LogP contribution in [0.2, 0.25) is 0 Å². The molecule has 1 heterocycles. The number of benzene rings is 1. The van der Waals surface area contributed by atoms with Gasteiger partial charge in [0.15, 0.2) is 5.76 Å². The summed E-state index contributed by atoms with van der Waals surface area (Å²) in [5.74, 6) is -0.325. The molecule has 1 amide bonds. The molecule has 20 heavy (non-hydrogen) atoms. The van der Waals surface area contributed by atoms with Gasteiger partial charge in [0.1, 0.15) is 5.75 Å². The van der Waals surface area contributed by atoms with E-state index in [1.54, 1.807) is 24.3 Å². The molecule has 1 aromatic carbocycles. The molecule has 0 bridgehead atoms. The molecule has 0 radical (unpaired) electrons. The highest BCUT2D eigenvalue weighted by Crippen LogP contribution is 2.19. The fraction of sp³-hybridized carbons (Fsp3) is 0.0833. The lowest BCUT2D eigenvalue weighted by molar-refractivity contribution is 0.0991. The van der Waals surface area contributed by atoms with Crippen molar-refractivity contribution in [1.29, 1.82) is 0 Å². The maximum Gasteiger partial charge on any atom is 0.328 e. The Hall–Kier alpha value is -2.32. The first-order valence-electron chi connectivity index (χ1n) is 5.43. The molecule has 0 saturated carbocycles. The normalized spacial score (nSPS) is 11.1. The maximum absolute atomic E-state index is 11.8. The second-order valence-corrected chi connectivity index (χ2v) is 5.13. The first-order valence-corrected chi connectivity index (χ1v) is 6.87. The van der Waals surface area contributed by atoms with Crippen molar-refractivity contribution in [1.82, 2.24) is 0 Å². The number of methoxy groups -OCH3 is 1. The van der Waals surface area contributed by atoms with Crippen molar-refractivity contribution in [3.8, 4) is 5.75 Å². The van der Waals surface area contributed by atoms with Gasteiger partial charge >= 0.3 is 10.1 Å². The van der Waals surface area contributed by atoms with Crippen LogP contribution in [0.15, 0.2) is 45.9 Å². The van der Waals surface area contributed by atoms with Crippen molar-refractivity contribution in [3.05, 3.63) is 42.2 Å². The predicted octanol–water partition coefficient (Wildman–Crippen LogP) is 1.79. The smallest absolute Gasteiger partial charge is 0.328 e. The Morgan fingerprint density at radius 3 is 2.65 bits per heavy atom. The number of hydrogen-bond acceptors (Lipinski definition) is 5. The van der Waals surface area contributed by atoms with Crippen LogP contribution in [0.25, 0.3) is 0 Å². The number of carbonyl (C=O) groups excluding carboxylic acids is 1. The molecule has 1 aromatic heterocycles. The van der Waals surface area contributed by atoms with Crippen molar-refractivity contribution in [3.63, 3.8) is 0 Å². The minimum atomic E-state index is -4.47. The first-order chi connectivity index (χ1) is 9.40. The fourth-order valence-corrected chi connectivity index (χ4v) is 1.91. The number of nitrogens with one attached hydrogen (secondary N) is 1. The maximum atomic E-state index is 11.8. The molecule has 0 aliphatic carbocycles. The third-order valence-electron chi connectivity index (χ3n) is 2.39. The summed E-state index contributed by atoms with van der Waals surface area (Å²) in [5.41, 5.74) is 0.458. The molecule has 2 N–H and O–H groups in total. The minimum absolute atomic E-state index is 0.236. The molecule has 8 heteroatoms.